The molecule has 4 atom stereocenters. The molecule has 1 aliphatic heterocycles. The van der Waals surface area contributed by atoms with Crippen LogP contribution in [0.4, 0.5) is 0 Å². The van der Waals surface area contributed by atoms with Gasteiger partial charge >= 0.3 is 14.0 Å². The molecule has 186 valence electrons. The summed E-state index contributed by atoms with van der Waals surface area (Å²) < 4.78 is 21.8. The molecule has 0 amide bonds. The van der Waals surface area contributed by atoms with Crippen LogP contribution < -0.4 is 0 Å². The second-order valence-electron chi connectivity index (χ2n) is 8.85. The highest BCUT2D eigenvalue weighted by Crippen LogP contribution is 2.31. The summed E-state index contributed by atoms with van der Waals surface area (Å²) >= 11 is 0. The van der Waals surface area contributed by atoms with Crippen molar-refractivity contribution in [1.82, 2.24) is 0 Å². The molecule has 7 nitrogen and oxygen atoms in total. The van der Waals surface area contributed by atoms with Gasteiger partial charge in [0, 0.05) is 0 Å². The molecule has 0 radical (unpaired) electrons. The minimum absolute atomic E-state index is 0.290. The fourth-order valence-corrected chi connectivity index (χ4v) is 4.94. The monoisotopic (exact) mass is 475 g/mol. The number of aliphatic hydroxyl groups excluding tert-OH is 2. The van der Waals surface area contributed by atoms with Crippen LogP contribution in [0.2, 0.25) is 0 Å². The zero-order valence-electron chi connectivity index (χ0n) is 19.8. The molecule has 0 aromatic heterocycles. The van der Waals surface area contributed by atoms with E-state index in [2.05, 4.69) is 6.92 Å². The molecule has 1 aliphatic rings. The van der Waals surface area contributed by atoms with E-state index in [-0.39, 0.29) is 6.16 Å². The number of hydrogen-bond acceptors (Lipinski definition) is 7. The maximum Gasteiger partial charge on any atom is 0.509 e. The summed E-state index contributed by atoms with van der Waals surface area (Å²) in [6.45, 7) is 1.55. The molecule has 2 N–H and O–H groups in total. The first-order valence-electron chi connectivity index (χ1n) is 12.7. The third-order valence-corrected chi connectivity index (χ3v) is 7.08. The molecule has 0 aliphatic carbocycles. The lowest BCUT2D eigenvalue weighted by Crippen LogP contribution is -2.37. The number of Topliss-reactive ketones (excluding diaryl/α,β-unsaturated/α-hetero) is 1. The van der Waals surface area contributed by atoms with Crippen LogP contribution in [0.1, 0.15) is 110 Å². The van der Waals surface area contributed by atoms with Gasteiger partial charge in [-0.3, -0.25) is 4.79 Å². The molecule has 1 fully saturated rings. The first-order valence-corrected chi connectivity index (χ1v) is 14.0. The van der Waals surface area contributed by atoms with E-state index < -0.39 is 44.7 Å². The Labute approximate surface area is 194 Å². The fraction of sp³-hybridized carbons (Fsp3) is 0.917. The average molecular weight is 476 g/mol. The number of cyclic esters (lactones) is 1. The van der Waals surface area contributed by atoms with Gasteiger partial charge in [0.2, 0.25) is 5.78 Å². The molecule has 0 aromatic rings. The molecule has 0 bridgehead atoms. The first-order chi connectivity index (χ1) is 15.5. The summed E-state index contributed by atoms with van der Waals surface area (Å²) in [4.78, 5) is 23.7. The Morgan fingerprint density at radius 3 is 1.72 bits per heavy atom. The third kappa shape index (κ3) is 12.4. The topological polar surface area (TPSA) is 110 Å². The van der Waals surface area contributed by atoms with E-state index in [9.17, 15) is 19.3 Å². The largest absolute Gasteiger partial charge is 0.509 e. The molecule has 2 unspecified atom stereocenters. The number of ether oxygens (including phenoxy) is 1. The molecular formula is C24H44O7P+. The van der Waals surface area contributed by atoms with E-state index in [1.165, 1.54) is 83.5 Å². The standard InChI is InChI=1S/C24H44O7P/c1-2-3-4-5-6-7-8-9-10-11-12-13-14-15-16-17-18-32(29)31-23-21(27)22(20(26)19-25)30-24(23)28/h20,22-23,25-26H,2-19H2,1H3/q+1/t20-,22+,23?/m0/s1. The molecule has 1 rings (SSSR count). The molecule has 8 heteroatoms. The van der Waals surface area contributed by atoms with Crippen LogP contribution in [0.3, 0.4) is 0 Å². The van der Waals surface area contributed by atoms with Gasteiger partial charge in [0.25, 0.3) is 6.10 Å². The fourth-order valence-electron chi connectivity index (χ4n) is 3.93. The summed E-state index contributed by atoms with van der Waals surface area (Å²) in [7, 11) is -2.15. The van der Waals surface area contributed by atoms with Crippen molar-refractivity contribution in [3.05, 3.63) is 0 Å². The van der Waals surface area contributed by atoms with Gasteiger partial charge in [-0.25, -0.2) is 4.79 Å². The van der Waals surface area contributed by atoms with E-state index in [0.29, 0.717) is 6.42 Å². The van der Waals surface area contributed by atoms with E-state index in [1.807, 2.05) is 0 Å². The van der Waals surface area contributed by atoms with Crippen molar-refractivity contribution in [3.63, 3.8) is 0 Å². The van der Waals surface area contributed by atoms with Gasteiger partial charge in [-0.15, -0.1) is 4.52 Å². The van der Waals surface area contributed by atoms with Gasteiger partial charge < -0.3 is 14.9 Å². The van der Waals surface area contributed by atoms with Crippen molar-refractivity contribution >= 4 is 19.8 Å². The van der Waals surface area contributed by atoms with Crippen LogP contribution in [0.5, 0.6) is 0 Å². The van der Waals surface area contributed by atoms with Crippen LogP contribution in [-0.4, -0.2) is 53.0 Å². The molecule has 1 saturated heterocycles. The van der Waals surface area contributed by atoms with Crippen molar-refractivity contribution < 1.29 is 33.6 Å². The number of esters is 1. The summed E-state index contributed by atoms with van der Waals surface area (Å²) in [5.41, 5.74) is 0. The molecule has 32 heavy (non-hydrogen) atoms. The van der Waals surface area contributed by atoms with Gasteiger partial charge in [-0.2, -0.15) is 0 Å². The highest BCUT2D eigenvalue weighted by atomic mass is 31.1. The van der Waals surface area contributed by atoms with Crippen molar-refractivity contribution in [2.75, 3.05) is 12.8 Å². The maximum atomic E-state index is 12.0. The summed E-state index contributed by atoms with van der Waals surface area (Å²) in [5.74, 6) is -1.74. The predicted molar refractivity (Wildman–Crippen MR) is 125 cm³/mol. The lowest BCUT2D eigenvalue weighted by molar-refractivity contribution is -0.151. The Hall–Kier alpha value is -0.880. The van der Waals surface area contributed by atoms with Crippen molar-refractivity contribution in [3.8, 4) is 0 Å². The normalized spacial score (nSPS) is 19.9. The summed E-state index contributed by atoms with van der Waals surface area (Å²) in [6, 6.07) is 0. The third-order valence-electron chi connectivity index (χ3n) is 5.95. The van der Waals surface area contributed by atoms with Gasteiger partial charge in [0.05, 0.1) is 6.61 Å². The number of hydrogen-bond donors (Lipinski definition) is 2. The van der Waals surface area contributed by atoms with Gasteiger partial charge in [-0.05, 0) is 17.4 Å². The van der Waals surface area contributed by atoms with Crippen LogP contribution >= 0.6 is 8.03 Å². The smallest absolute Gasteiger partial charge is 0.449 e. The lowest BCUT2D eigenvalue weighted by atomic mass is 10.0. The number of unbranched alkanes of at least 4 members (excludes halogenated alkanes) is 15. The minimum Gasteiger partial charge on any atom is -0.449 e. The van der Waals surface area contributed by atoms with Crippen molar-refractivity contribution in [2.24, 2.45) is 0 Å². The van der Waals surface area contributed by atoms with Gasteiger partial charge in [-0.1, -0.05) is 96.8 Å². The second-order valence-corrected chi connectivity index (χ2v) is 10.2. The number of rotatable bonds is 21. The summed E-state index contributed by atoms with van der Waals surface area (Å²) in [6.07, 6.45) is 15.9. The minimum atomic E-state index is -2.15. The van der Waals surface area contributed by atoms with Crippen LogP contribution in [0.25, 0.3) is 0 Å². The molecule has 0 spiro atoms. The maximum absolute atomic E-state index is 12.0. The molecular weight excluding hydrogens is 431 g/mol. The van der Waals surface area contributed by atoms with E-state index >= 15 is 0 Å². The average Bonchev–Trinajstić information content (AvgIpc) is 3.06. The van der Waals surface area contributed by atoms with E-state index in [1.54, 1.807) is 0 Å². The quantitative estimate of drug-likeness (QED) is 0.101. The molecule has 0 aromatic carbocycles. The molecule has 0 saturated carbocycles. The van der Waals surface area contributed by atoms with Gasteiger partial charge in [0.1, 0.15) is 6.10 Å². The SMILES string of the molecule is CCCCCCCCCCCCCCCCCC[P+](=O)OC1C(=O)O[C@H]([C@@H](O)CO)C1=O. The number of ketones is 1. The Kier molecular flexibility index (Phi) is 16.9. The molecule has 1 heterocycles. The zero-order chi connectivity index (χ0) is 23.6. The number of carbonyl (C=O) groups is 2. The van der Waals surface area contributed by atoms with Crippen molar-refractivity contribution in [2.45, 2.75) is 128 Å². The van der Waals surface area contributed by atoms with Gasteiger partial charge in [0.15, 0.2) is 12.3 Å². The lowest BCUT2D eigenvalue weighted by Gasteiger charge is -2.11. The van der Waals surface area contributed by atoms with Crippen LogP contribution in [0, 0.1) is 0 Å². The number of carbonyl (C=O) groups excluding carboxylic acids is 2. The van der Waals surface area contributed by atoms with E-state index in [4.69, 9.17) is 14.4 Å². The number of aliphatic hydroxyl groups is 2. The zero-order valence-corrected chi connectivity index (χ0v) is 20.7. The Morgan fingerprint density at radius 1 is 0.844 bits per heavy atom. The van der Waals surface area contributed by atoms with E-state index in [0.717, 1.165) is 12.8 Å². The van der Waals surface area contributed by atoms with Crippen molar-refractivity contribution in [1.29, 1.82) is 0 Å². The van der Waals surface area contributed by atoms with Crippen LogP contribution in [-0.2, 0) is 23.4 Å². The van der Waals surface area contributed by atoms with Crippen LogP contribution in [0.15, 0.2) is 0 Å². The summed E-state index contributed by atoms with van der Waals surface area (Å²) in [5, 5.41) is 18.4. The highest BCUT2D eigenvalue weighted by molar-refractivity contribution is 7.39. The highest BCUT2D eigenvalue weighted by Gasteiger charge is 2.51. The Balaban J connectivity index is 1.93. The Morgan fingerprint density at radius 2 is 1.28 bits per heavy atom. The predicted octanol–water partition coefficient (Wildman–Crippen LogP) is 5.22. The second kappa shape index (κ2) is 18.5. The Bertz CT molecular complexity index is 540. The first kappa shape index (κ1) is 29.2.